The molecule has 6 heterocycles. The number of carbonyl (C=O) groups excluding carboxylic acids is 3. The number of hydrogen-bond acceptors (Lipinski definition) is 17. The fourth-order valence-corrected chi connectivity index (χ4v) is 12.8. The number of fused-ring (bicyclic) bond motifs is 2. The first-order valence-electron chi connectivity index (χ1n) is 30.2. The van der Waals surface area contributed by atoms with Gasteiger partial charge in [-0.05, 0) is 72.2 Å². The van der Waals surface area contributed by atoms with Crippen LogP contribution in [-0.2, 0) is 9.59 Å². The number of imidazole rings is 2. The molecule has 8 aromatic rings. The SMILES string of the molecule is CCC(=O)N[C@H]1C[C@@H](n2cnc3c(NCC(c4ccccc4)c4ccc(F)cc4)nc(N4CC[C@@H](NC(=O)N[C@H]5CCN(c6nc(NCC(c7ccccc7)c7ccc(F)cc7)c7ncn([C@@H]8C[C@H](NC(=O)CC)[C@@H](O)[C@H]8O)c7n6)C5)C4)nc32)[C@H](O)[C@@H]1O. The Morgan fingerprint density at radius 1 is 0.523 bits per heavy atom. The summed E-state index contributed by atoms with van der Waals surface area (Å²) < 4.78 is 31.9. The maximum Gasteiger partial charge on any atom is 0.315 e. The maximum atomic E-state index is 14.2. The number of rotatable bonds is 20. The van der Waals surface area contributed by atoms with Gasteiger partial charge in [-0.15, -0.1) is 0 Å². The highest BCUT2D eigenvalue weighted by Crippen LogP contribution is 2.38. The van der Waals surface area contributed by atoms with E-state index < -0.39 is 48.6 Å². The molecule has 0 radical (unpaired) electrons. The van der Waals surface area contributed by atoms with Gasteiger partial charge in [0.2, 0.25) is 23.7 Å². The minimum Gasteiger partial charge on any atom is -0.388 e. The predicted molar refractivity (Wildman–Crippen MR) is 326 cm³/mol. The summed E-state index contributed by atoms with van der Waals surface area (Å²) in [7, 11) is 0. The van der Waals surface area contributed by atoms with Crippen molar-refractivity contribution >= 4 is 63.7 Å². The Morgan fingerprint density at radius 2 is 0.909 bits per heavy atom. The van der Waals surface area contributed by atoms with Crippen molar-refractivity contribution in [1.29, 1.82) is 0 Å². The van der Waals surface area contributed by atoms with Crippen LogP contribution in [-0.4, -0.2) is 165 Å². The second kappa shape index (κ2) is 25.8. The summed E-state index contributed by atoms with van der Waals surface area (Å²) in [4.78, 5) is 72.5. The number of aromatic nitrogens is 8. The summed E-state index contributed by atoms with van der Waals surface area (Å²) >= 11 is 0. The van der Waals surface area contributed by atoms with Crippen molar-refractivity contribution in [2.45, 2.75) is 125 Å². The fraction of sp³-hybridized carbons (Fsp3) is 0.413. The fourth-order valence-electron chi connectivity index (χ4n) is 12.8. The van der Waals surface area contributed by atoms with Gasteiger partial charge in [-0.25, -0.2) is 23.5 Å². The molecule has 23 nitrogen and oxygen atoms in total. The number of amides is 4. The van der Waals surface area contributed by atoms with Gasteiger partial charge in [0.1, 0.15) is 36.1 Å². The molecule has 0 bridgehead atoms. The van der Waals surface area contributed by atoms with Crippen LogP contribution in [0, 0.1) is 11.6 Å². The Bertz CT molecular complexity index is 3510. The molecule has 2 saturated carbocycles. The highest BCUT2D eigenvalue weighted by Gasteiger charge is 2.45. The van der Waals surface area contributed by atoms with Crippen LogP contribution in [0.5, 0.6) is 0 Å². The number of aliphatic hydroxyl groups is 4. The van der Waals surface area contributed by atoms with E-state index in [9.17, 15) is 43.6 Å². The van der Waals surface area contributed by atoms with Gasteiger partial charge in [0.15, 0.2) is 34.0 Å². The van der Waals surface area contributed by atoms with E-state index in [-0.39, 0.29) is 79.1 Å². The Balaban J connectivity index is 0.768. The monoisotopic (exact) mass is 1200 g/mol. The lowest BCUT2D eigenvalue weighted by atomic mass is 9.91. The van der Waals surface area contributed by atoms with Crippen molar-refractivity contribution in [3.63, 3.8) is 0 Å². The van der Waals surface area contributed by atoms with Crippen molar-refractivity contribution in [3.05, 3.63) is 156 Å². The number of aliphatic hydroxyl groups excluding tert-OH is 4. The largest absolute Gasteiger partial charge is 0.388 e. The first-order valence-corrected chi connectivity index (χ1v) is 30.2. The zero-order chi connectivity index (χ0) is 61.2. The quantitative estimate of drug-likeness (QED) is 0.0480. The van der Waals surface area contributed by atoms with E-state index in [0.29, 0.717) is 98.0 Å². The van der Waals surface area contributed by atoms with Crippen molar-refractivity contribution in [1.82, 2.24) is 60.3 Å². The summed E-state index contributed by atoms with van der Waals surface area (Å²) in [5, 5.41) is 64.2. The second-order valence-electron chi connectivity index (χ2n) is 23.3. The Kier molecular flexibility index (Phi) is 17.4. The van der Waals surface area contributed by atoms with Crippen LogP contribution in [0.25, 0.3) is 22.3 Å². The zero-order valence-corrected chi connectivity index (χ0v) is 48.7. The molecule has 25 heteroatoms. The second-order valence-corrected chi connectivity index (χ2v) is 23.3. The third-order valence-electron chi connectivity index (χ3n) is 17.7. The van der Waals surface area contributed by atoms with Crippen LogP contribution in [0.1, 0.15) is 98.5 Å². The van der Waals surface area contributed by atoms with Crippen molar-refractivity contribution in [2.75, 3.05) is 59.7 Å². The zero-order valence-electron chi connectivity index (χ0n) is 48.7. The van der Waals surface area contributed by atoms with Gasteiger partial charge in [0, 0.05) is 76.0 Å². The molecule has 12 rings (SSSR count). The molecule has 4 aromatic carbocycles. The number of carbonyl (C=O) groups is 3. The molecule has 2 unspecified atom stereocenters. The molecule has 0 spiro atoms. The van der Waals surface area contributed by atoms with Crippen LogP contribution >= 0.6 is 0 Å². The van der Waals surface area contributed by atoms with E-state index in [1.807, 2.05) is 70.5 Å². The number of nitrogens with one attached hydrogen (secondary N) is 6. The highest BCUT2D eigenvalue weighted by molar-refractivity contribution is 5.86. The lowest BCUT2D eigenvalue weighted by Gasteiger charge is -2.23. The van der Waals surface area contributed by atoms with Gasteiger partial charge < -0.3 is 71.3 Å². The Morgan fingerprint density at radius 3 is 1.30 bits per heavy atom. The predicted octanol–water partition coefficient (Wildman–Crippen LogP) is 5.01. The summed E-state index contributed by atoms with van der Waals surface area (Å²) in [6.07, 6.45) is 0.116. The number of nitrogens with zero attached hydrogens (tertiary/aromatic N) is 10. The van der Waals surface area contributed by atoms with Crippen LogP contribution in [0.4, 0.5) is 37.1 Å². The van der Waals surface area contributed by atoms with E-state index in [1.165, 1.54) is 24.3 Å². The number of halogens is 2. The molecule has 4 amide bonds. The summed E-state index contributed by atoms with van der Waals surface area (Å²) in [5.41, 5.74) is 5.35. The normalized spacial score (nSPS) is 24.2. The number of urea groups is 1. The van der Waals surface area contributed by atoms with Gasteiger partial charge in [-0.2, -0.15) is 19.9 Å². The molecule has 12 atom stereocenters. The number of hydrogen-bond donors (Lipinski definition) is 10. The average Bonchev–Trinajstić information content (AvgIpc) is 1.80. The topological polar surface area (TPSA) is 298 Å². The van der Waals surface area contributed by atoms with Crippen molar-refractivity contribution < 1.29 is 43.6 Å². The number of anilines is 4. The Labute approximate surface area is 506 Å². The van der Waals surface area contributed by atoms with Gasteiger partial charge in [-0.1, -0.05) is 98.8 Å². The maximum absolute atomic E-state index is 14.2. The molecule has 4 fully saturated rings. The molecule has 4 aliphatic rings. The minimum atomic E-state index is -1.25. The Hall–Kier alpha value is -8.91. The molecule has 2 aliphatic carbocycles. The number of benzene rings is 4. The van der Waals surface area contributed by atoms with Crippen LogP contribution in [0.3, 0.4) is 0 Å². The molecule has 4 aromatic heterocycles. The summed E-state index contributed by atoms with van der Waals surface area (Å²) in [5.74, 6) is -0.156. The van der Waals surface area contributed by atoms with Crippen LogP contribution in [0.2, 0.25) is 0 Å². The third kappa shape index (κ3) is 12.5. The van der Waals surface area contributed by atoms with Gasteiger partial charge in [-0.3, -0.25) is 9.59 Å². The van der Waals surface area contributed by atoms with Gasteiger partial charge in [0.05, 0.1) is 36.8 Å². The standard InChI is InChI=1S/C63H72F2N16O7/c1-3-49(82)72-45-27-47(55(86)53(45)84)80-33-68-51-57(66-29-43(35-11-7-5-8-12-35)37-15-19-39(64)20-16-37)74-61(76-59(51)80)78-25-23-41(31-78)70-63(88)71-42-24-26-79(32-42)62-75-58(67-30-44(36-13-9-6-10-14-36)38-17-21-40(65)22-18-38)52-60(77-62)81(34-69-52)48-28-46(54(85)56(48)87)73-50(83)4-2/h5-22,33-34,41-48,53-56,84-87H,3-4,23-32H2,1-2H3,(H,72,82)(H,73,83)(H,66,74,76)(H,67,75,77)(H2,70,71,88)/t41-,42+,43?,44?,45-,46-,47+,48+,53+,54+,55-,56-/m0/s1. The van der Waals surface area contributed by atoms with Gasteiger partial charge in [0.25, 0.3) is 0 Å². The smallest absolute Gasteiger partial charge is 0.315 e. The summed E-state index contributed by atoms with van der Waals surface area (Å²) in [6, 6.07) is 28.6. The molecular formula is C63H72F2N16O7. The third-order valence-corrected chi connectivity index (χ3v) is 17.7. The molecule has 460 valence electrons. The first kappa shape index (κ1) is 59.4. The van der Waals surface area contributed by atoms with Crippen molar-refractivity contribution in [2.24, 2.45) is 0 Å². The lowest BCUT2D eigenvalue weighted by molar-refractivity contribution is -0.123. The average molecular weight is 1200 g/mol. The molecular weight excluding hydrogens is 1130 g/mol. The van der Waals surface area contributed by atoms with Crippen molar-refractivity contribution in [3.8, 4) is 0 Å². The molecule has 2 aliphatic heterocycles. The highest BCUT2D eigenvalue weighted by atomic mass is 19.1. The molecule has 10 N–H and O–H groups in total. The van der Waals surface area contributed by atoms with E-state index in [0.717, 1.165) is 22.3 Å². The minimum absolute atomic E-state index is 0.213. The van der Waals surface area contributed by atoms with E-state index in [2.05, 4.69) is 31.9 Å². The first-order chi connectivity index (χ1) is 42.7. The molecule has 2 saturated heterocycles. The van der Waals surface area contributed by atoms with E-state index in [4.69, 9.17) is 29.9 Å². The van der Waals surface area contributed by atoms with E-state index in [1.54, 1.807) is 59.9 Å². The molecule has 88 heavy (non-hydrogen) atoms. The lowest BCUT2D eigenvalue weighted by Crippen LogP contribution is -2.48. The van der Waals surface area contributed by atoms with Crippen LogP contribution < -0.4 is 41.7 Å². The summed E-state index contributed by atoms with van der Waals surface area (Å²) in [6.45, 7) is 5.76. The van der Waals surface area contributed by atoms with Gasteiger partial charge >= 0.3 is 6.03 Å². The van der Waals surface area contributed by atoms with E-state index >= 15 is 0 Å². The van der Waals surface area contributed by atoms with Crippen LogP contribution in [0.15, 0.2) is 122 Å².